The number of thioether (sulfide) groups is 1. The van der Waals surface area contributed by atoms with E-state index in [2.05, 4.69) is 0 Å². The Morgan fingerprint density at radius 3 is 2.65 bits per heavy atom. The number of carbonyl (C=O) groups is 2. The number of aliphatic carboxylic acids is 1. The molecule has 2 aliphatic rings. The van der Waals surface area contributed by atoms with Gasteiger partial charge in [-0.25, -0.2) is 0 Å². The Labute approximate surface area is 164 Å². The van der Waals surface area contributed by atoms with Crippen LogP contribution in [0, 0.1) is 5.92 Å². The Morgan fingerprint density at radius 1 is 1.60 bits per heavy atom. The fraction of sp³-hybridized carbons (Fsp3) is 0.667. The fourth-order valence-electron chi connectivity index (χ4n) is 2.75. The van der Waals surface area contributed by atoms with Crippen LogP contribution in [0.1, 0.15) is 20.3 Å². The third-order valence-electron chi connectivity index (χ3n) is 3.47. The van der Waals surface area contributed by atoms with Gasteiger partial charge in [0.2, 0.25) is 5.91 Å². The van der Waals surface area contributed by atoms with Gasteiger partial charge in [0.25, 0.3) is 0 Å². The number of carbonyl (C=O) groups excluding carboxylic acids is 2. The van der Waals surface area contributed by atoms with Gasteiger partial charge in [-0.3, -0.25) is 4.79 Å². The van der Waals surface area contributed by atoms with Crippen LogP contribution in [-0.2, 0) is 9.59 Å². The molecular weight excluding hydrogens is 307 g/mol. The van der Waals surface area contributed by atoms with Gasteiger partial charge in [-0.1, -0.05) is 0 Å². The summed E-state index contributed by atoms with van der Waals surface area (Å²) in [5.74, 6) is -1.66. The first kappa shape index (κ1) is 18.6. The molecule has 3 N–H and O–H groups in total. The Hall–Kier alpha value is 0.586. The number of hydrogen-bond donors (Lipinski definition) is 2. The molecule has 2 atom stereocenters. The minimum absolute atomic E-state index is 0. The largest absolute Gasteiger partial charge is 1.00 e. The molecule has 2 aliphatic heterocycles. The Balaban J connectivity index is 0.00000200. The molecule has 106 valence electrons. The number of carboxylic acid groups (broad SMARTS) is 1. The van der Waals surface area contributed by atoms with Gasteiger partial charge in [-0.15, -0.1) is 11.8 Å². The molecule has 0 aromatic heterocycles. The van der Waals surface area contributed by atoms with Crippen molar-refractivity contribution in [2.45, 2.75) is 31.9 Å². The van der Waals surface area contributed by atoms with Crippen molar-refractivity contribution in [3.8, 4) is 0 Å². The number of amides is 1. The van der Waals surface area contributed by atoms with Gasteiger partial charge in [0.15, 0.2) is 0 Å². The van der Waals surface area contributed by atoms with Gasteiger partial charge in [0.1, 0.15) is 0 Å². The number of carboxylic acids is 1. The predicted octanol–water partition coefficient (Wildman–Crippen LogP) is -4.35. The molecule has 0 aliphatic carbocycles. The number of nitrogens with zero attached hydrogens (tertiary/aromatic N) is 1. The fourth-order valence-corrected chi connectivity index (χ4v) is 3.72. The number of fused-ring (bicyclic) bond motifs is 1. The molecule has 1 amide bonds. The van der Waals surface area contributed by atoms with Crippen molar-refractivity contribution < 1.29 is 71.2 Å². The summed E-state index contributed by atoms with van der Waals surface area (Å²) in [5, 5.41) is 21.2. The summed E-state index contributed by atoms with van der Waals surface area (Å²) in [6.07, 6.45) is 0.453. The van der Waals surface area contributed by atoms with E-state index in [9.17, 15) is 19.8 Å². The molecule has 0 saturated carbocycles. The number of nitrogens with two attached hydrogens (primary N) is 1. The molecule has 0 aromatic rings. The maximum atomic E-state index is 12.0. The first-order chi connectivity index (χ1) is 8.79. The van der Waals surface area contributed by atoms with Crippen LogP contribution in [0.15, 0.2) is 10.6 Å². The third kappa shape index (κ3) is 3.17. The summed E-state index contributed by atoms with van der Waals surface area (Å²) < 4.78 is 0. The number of aliphatic hydroxyl groups is 1. The standard InChI is InChI=1S/C12H18N2O4S.K/c1-12(2,18)8-6-5-7(19-4-3-13)9(11(16)17)14(6)10(8)15;/h6,8,18H,3-5,13H2,1-2H3,(H,16,17);/q;+1/p-1/t6-,8+;/m1./s1. The average molecular weight is 324 g/mol. The molecule has 6 nitrogen and oxygen atoms in total. The van der Waals surface area contributed by atoms with Gasteiger partial charge in [-0.05, 0) is 13.8 Å². The van der Waals surface area contributed by atoms with Gasteiger partial charge in [-0.2, -0.15) is 0 Å². The Bertz CT molecular complexity index is 461. The average Bonchev–Trinajstić information content (AvgIpc) is 2.58. The van der Waals surface area contributed by atoms with Gasteiger partial charge in [0.05, 0.1) is 29.2 Å². The summed E-state index contributed by atoms with van der Waals surface area (Å²) in [4.78, 5) is 25.1. The van der Waals surface area contributed by atoms with Crippen molar-refractivity contribution in [3.05, 3.63) is 10.6 Å². The molecule has 0 spiro atoms. The van der Waals surface area contributed by atoms with E-state index < -0.39 is 17.5 Å². The topological polar surface area (TPSA) is 107 Å². The second kappa shape index (κ2) is 6.78. The van der Waals surface area contributed by atoms with Crippen molar-refractivity contribution >= 4 is 23.6 Å². The monoisotopic (exact) mass is 324 g/mol. The van der Waals surface area contributed by atoms with Crippen molar-refractivity contribution in [2.24, 2.45) is 11.7 Å². The normalized spacial score (nSPS) is 25.2. The summed E-state index contributed by atoms with van der Waals surface area (Å²) in [7, 11) is 0. The van der Waals surface area contributed by atoms with Gasteiger partial charge < -0.3 is 25.6 Å². The second-order valence-electron chi connectivity index (χ2n) is 5.31. The minimum atomic E-state index is -1.34. The van der Waals surface area contributed by atoms with Crippen molar-refractivity contribution in [3.63, 3.8) is 0 Å². The summed E-state index contributed by atoms with van der Waals surface area (Å²) in [6, 6.07) is -0.277. The van der Waals surface area contributed by atoms with E-state index in [1.165, 1.54) is 16.7 Å². The molecule has 20 heavy (non-hydrogen) atoms. The third-order valence-corrected chi connectivity index (χ3v) is 4.62. The summed E-state index contributed by atoms with van der Waals surface area (Å²) in [5.41, 5.74) is 4.21. The minimum Gasteiger partial charge on any atom is -0.543 e. The van der Waals surface area contributed by atoms with E-state index in [0.29, 0.717) is 23.6 Å². The smallest absolute Gasteiger partial charge is 0.543 e. The van der Waals surface area contributed by atoms with Crippen LogP contribution >= 0.6 is 11.8 Å². The maximum absolute atomic E-state index is 12.0. The summed E-state index contributed by atoms with van der Waals surface area (Å²) >= 11 is 1.34. The molecule has 0 radical (unpaired) electrons. The maximum Gasteiger partial charge on any atom is 1.00 e. The quantitative estimate of drug-likeness (QED) is 0.391. The second-order valence-corrected chi connectivity index (χ2v) is 6.50. The van der Waals surface area contributed by atoms with Crippen LogP contribution in [0.3, 0.4) is 0 Å². The van der Waals surface area contributed by atoms with Crippen LogP contribution < -0.4 is 62.2 Å². The molecule has 1 saturated heterocycles. The number of rotatable bonds is 5. The van der Waals surface area contributed by atoms with E-state index in [1.807, 2.05) is 0 Å². The van der Waals surface area contributed by atoms with E-state index in [-0.39, 0.29) is 69.0 Å². The molecule has 2 heterocycles. The van der Waals surface area contributed by atoms with Crippen LogP contribution in [-0.4, -0.2) is 45.8 Å². The molecule has 0 bridgehead atoms. The van der Waals surface area contributed by atoms with Gasteiger partial charge >= 0.3 is 51.4 Å². The molecule has 1 fully saturated rings. The molecule has 2 rings (SSSR count). The Kier molecular flexibility index (Phi) is 6.32. The van der Waals surface area contributed by atoms with Crippen LogP contribution in [0.4, 0.5) is 0 Å². The van der Waals surface area contributed by atoms with E-state index in [0.717, 1.165) is 0 Å². The first-order valence-electron chi connectivity index (χ1n) is 6.11. The zero-order valence-corrected chi connectivity index (χ0v) is 15.8. The van der Waals surface area contributed by atoms with Crippen molar-refractivity contribution in [1.29, 1.82) is 0 Å². The zero-order valence-electron chi connectivity index (χ0n) is 11.9. The van der Waals surface area contributed by atoms with Gasteiger partial charge in [0, 0.05) is 23.6 Å². The van der Waals surface area contributed by atoms with Crippen LogP contribution in [0.2, 0.25) is 0 Å². The first-order valence-corrected chi connectivity index (χ1v) is 7.10. The predicted molar refractivity (Wildman–Crippen MR) is 68.6 cm³/mol. The van der Waals surface area contributed by atoms with E-state index in [1.54, 1.807) is 13.8 Å². The number of hydrogen-bond acceptors (Lipinski definition) is 6. The molecule has 0 unspecified atom stereocenters. The van der Waals surface area contributed by atoms with Crippen molar-refractivity contribution in [1.82, 2.24) is 4.90 Å². The van der Waals surface area contributed by atoms with Crippen LogP contribution in [0.5, 0.6) is 0 Å². The van der Waals surface area contributed by atoms with E-state index >= 15 is 0 Å². The molecule has 0 aromatic carbocycles. The SMILES string of the molecule is CC(C)(O)[C@@H]1C(=O)N2C(C(=O)[O-])=C(SCCN)C[C@H]12.[K+]. The Morgan fingerprint density at radius 2 is 2.20 bits per heavy atom. The molecular formula is C12H17KN2O4S. The van der Waals surface area contributed by atoms with E-state index in [4.69, 9.17) is 5.73 Å². The summed E-state index contributed by atoms with van der Waals surface area (Å²) in [6.45, 7) is 3.56. The zero-order chi connectivity index (χ0) is 14.4. The number of β-lactam (4-membered cyclic amide) rings is 1. The van der Waals surface area contributed by atoms with Crippen molar-refractivity contribution in [2.75, 3.05) is 12.3 Å². The molecule has 8 heteroatoms. The van der Waals surface area contributed by atoms with Crippen LogP contribution in [0.25, 0.3) is 0 Å².